The lowest BCUT2D eigenvalue weighted by Gasteiger charge is -2.36. The molecule has 0 aliphatic heterocycles. The molecule has 0 atom stereocenters. The SMILES string of the molecule is NC1=C(N)C(N)([N+](N)(N)N)C(N)=C1N. The van der Waals surface area contributed by atoms with Crippen LogP contribution >= 0.6 is 0 Å². The standard InChI is InChI=1S/C5H16N9/c6-1-2(7)4(9)5(10,3(1)8)14(11,12)13/h6-13H2/q+1. The minimum Gasteiger partial charge on any atom is -0.395 e. The average molecular weight is 202 g/mol. The van der Waals surface area contributed by atoms with E-state index in [0.717, 1.165) is 0 Å². The normalized spacial score (nSPS) is 22.0. The van der Waals surface area contributed by atoms with Crippen molar-refractivity contribution in [2.75, 3.05) is 0 Å². The van der Waals surface area contributed by atoms with Crippen LogP contribution in [0.4, 0.5) is 0 Å². The van der Waals surface area contributed by atoms with Gasteiger partial charge in [0.15, 0.2) is 0 Å². The van der Waals surface area contributed by atoms with Crippen molar-refractivity contribution in [1.82, 2.24) is 0 Å². The van der Waals surface area contributed by atoms with Gasteiger partial charge < -0.3 is 22.9 Å². The monoisotopic (exact) mass is 202 g/mol. The summed E-state index contributed by atoms with van der Waals surface area (Å²) in [5.74, 6) is 16.2. The summed E-state index contributed by atoms with van der Waals surface area (Å²) >= 11 is 0. The van der Waals surface area contributed by atoms with Gasteiger partial charge in [-0.05, 0) is 0 Å². The predicted molar refractivity (Wildman–Crippen MR) is 50.5 cm³/mol. The second kappa shape index (κ2) is 2.50. The Morgan fingerprint density at radius 1 is 0.786 bits per heavy atom. The first-order valence-corrected chi connectivity index (χ1v) is 3.69. The maximum Gasteiger partial charge on any atom is 0.289 e. The number of nitrogens with zero attached hydrogens (tertiary/aromatic N) is 1. The largest absolute Gasteiger partial charge is 0.395 e. The number of hydrogen-bond donors (Lipinski definition) is 8. The number of quaternary nitrogens is 1. The molecule has 0 aromatic carbocycles. The maximum atomic E-state index is 5.78. The molecule has 0 bridgehead atoms. The van der Waals surface area contributed by atoms with Gasteiger partial charge >= 0.3 is 0 Å². The van der Waals surface area contributed by atoms with Crippen LogP contribution < -0.4 is 46.2 Å². The zero-order chi connectivity index (χ0) is 11.3. The molecule has 1 aliphatic rings. The minimum absolute atomic E-state index is 0.0417. The molecule has 16 N–H and O–H groups in total. The van der Waals surface area contributed by atoms with Crippen LogP contribution in [-0.4, -0.2) is 10.5 Å². The van der Waals surface area contributed by atoms with Crippen molar-refractivity contribution in [2.24, 2.45) is 46.2 Å². The lowest BCUT2D eigenvalue weighted by molar-refractivity contribution is -0.999. The average Bonchev–Trinajstić information content (AvgIpc) is 2.21. The Morgan fingerprint density at radius 2 is 1.07 bits per heavy atom. The van der Waals surface area contributed by atoms with E-state index < -0.39 is 10.5 Å². The summed E-state index contributed by atoms with van der Waals surface area (Å²) < 4.78 is 0. The Bertz CT molecular complexity index is 308. The van der Waals surface area contributed by atoms with Crippen molar-refractivity contribution in [3.05, 3.63) is 22.8 Å². The topological polar surface area (TPSA) is 208 Å². The van der Waals surface area contributed by atoms with Crippen LogP contribution in [0.5, 0.6) is 0 Å². The molecule has 0 fully saturated rings. The molecule has 1 aliphatic carbocycles. The van der Waals surface area contributed by atoms with Crippen LogP contribution in [0.3, 0.4) is 0 Å². The number of rotatable bonds is 1. The van der Waals surface area contributed by atoms with Gasteiger partial charge in [0, 0.05) is 0 Å². The lowest BCUT2D eigenvalue weighted by Crippen LogP contribution is -2.83. The van der Waals surface area contributed by atoms with Gasteiger partial charge in [0.25, 0.3) is 5.66 Å². The minimum atomic E-state index is -1.67. The van der Waals surface area contributed by atoms with E-state index in [2.05, 4.69) is 0 Å². The zero-order valence-corrected chi connectivity index (χ0v) is 7.57. The molecule has 1 rings (SSSR count). The highest BCUT2D eigenvalue weighted by molar-refractivity contribution is 5.49. The first kappa shape index (κ1) is 10.6. The van der Waals surface area contributed by atoms with E-state index in [1.165, 1.54) is 0 Å². The molecule has 0 saturated heterocycles. The Balaban J connectivity index is 3.42. The molecule has 14 heavy (non-hydrogen) atoms. The predicted octanol–water partition coefficient (Wildman–Crippen LogP) is -4.65. The molecule has 0 unspecified atom stereocenters. The van der Waals surface area contributed by atoms with E-state index in [1.54, 1.807) is 0 Å². The Hall–Kier alpha value is -1.52. The van der Waals surface area contributed by atoms with Crippen molar-refractivity contribution in [3.63, 3.8) is 0 Å². The fourth-order valence-corrected chi connectivity index (χ4v) is 1.26. The summed E-state index contributed by atoms with van der Waals surface area (Å²) in [5.41, 5.74) is 26.4. The number of nitrogens with two attached hydrogens (primary N) is 8. The van der Waals surface area contributed by atoms with Crippen LogP contribution in [0, 0.1) is 0 Å². The van der Waals surface area contributed by atoms with E-state index in [4.69, 9.17) is 46.2 Å². The summed E-state index contributed by atoms with van der Waals surface area (Å²) in [6, 6.07) is 0. The maximum absolute atomic E-state index is 5.78. The summed E-state index contributed by atoms with van der Waals surface area (Å²) in [6.07, 6.45) is 0. The van der Waals surface area contributed by atoms with Crippen LogP contribution in [0.15, 0.2) is 22.8 Å². The summed E-state index contributed by atoms with van der Waals surface area (Å²) in [4.78, 5) is -1.16. The van der Waals surface area contributed by atoms with E-state index >= 15 is 0 Å². The second-order valence-electron chi connectivity index (χ2n) is 3.26. The van der Waals surface area contributed by atoms with Gasteiger partial charge in [-0.3, -0.25) is 5.73 Å². The molecule has 0 spiro atoms. The van der Waals surface area contributed by atoms with Crippen molar-refractivity contribution in [2.45, 2.75) is 5.66 Å². The highest BCUT2D eigenvalue weighted by Crippen LogP contribution is 2.30. The number of hydrogen-bond acceptors (Lipinski definition) is 8. The molecule has 9 heteroatoms. The Morgan fingerprint density at radius 3 is 1.21 bits per heavy atom. The molecule has 0 amide bonds. The van der Waals surface area contributed by atoms with Crippen molar-refractivity contribution in [1.29, 1.82) is 0 Å². The third-order valence-electron chi connectivity index (χ3n) is 2.30. The van der Waals surface area contributed by atoms with Crippen LogP contribution in [0.2, 0.25) is 0 Å². The van der Waals surface area contributed by atoms with Crippen molar-refractivity contribution in [3.8, 4) is 0 Å². The highest BCUT2D eigenvalue weighted by atomic mass is 15.9. The van der Waals surface area contributed by atoms with Gasteiger partial charge in [0.1, 0.15) is 11.4 Å². The smallest absolute Gasteiger partial charge is 0.289 e. The molecule has 0 saturated carbocycles. The van der Waals surface area contributed by atoms with Gasteiger partial charge in [0.05, 0.1) is 11.4 Å². The van der Waals surface area contributed by atoms with Gasteiger partial charge in [-0.1, -0.05) is 4.81 Å². The van der Waals surface area contributed by atoms with Crippen LogP contribution in [0.1, 0.15) is 0 Å². The lowest BCUT2D eigenvalue weighted by atomic mass is 10.1. The van der Waals surface area contributed by atoms with Crippen LogP contribution in [-0.2, 0) is 0 Å². The molecule has 0 aromatic heterocycles. The summed E-state index contributed by atoms with van der Waals surface area (Å²) in [6.45, 7) is 0. The van der Waals surface area contributed by atoms with E-state index in [9.17, 15) is 0 Å². The fourth-order valence-electron chi connectivity index (χ4n) is 1.26. The third kappa shape index (κ3) is 0.950. The van der Waals surface area contributed by atoms with Gasteiger partial charge in [0.2, 0.25) is 0 Å². The van der Waals surface area contributed by atoms with Crippen LogP contribution in [0.25, 0.3) is 0 Å². The first-order chi connectivity index (χ1) is 6.14. The summed E-state index contributed by atoms with van der Waals surface area (Å²) in [5, 5.41) is 0. The molecule has 0 heterocycles. The second-order valence-corrected chi connectivity index (χ2v) is 3.26. The van der Waals surface area contributed by atoms with E-state index in [1.807, 2.05) is 0 Å². The van der Waals surface area contributed by atoms with E-state index in [-0.39, 0.29) is 22.8 Å². The molecule has 80 valence electrons. The quantitative estimate of drug-likeness (QED) is 0.0894. The molecule has 0 aromatic rings. The van der Waals surface area contributed by atoms with Gasteiger partial charge in [-0.15, -0.1) is 17.5 Å². The Kier molecular flexibility index (Phi) is 1.88. The zero-order valence-electron chi connectivity index (χ0n) is 7.57. The summed E-state index contributed by atoms with van der Waals surface area (Å²) in [7, 11) is 0. The molecular weight excluding hydrogens is 186 g/mol. The first-order valence-electron chi connectivity index (χ1n) is 3.69. The molecule has 0 radical (unpaired) electrons. The van der Waals surface area contributed by atoms with Gasteiger partial charge in [-0.25, -0.2) is 0 Å². The highest BCUT2D eigenvalue weighted by Gasteiger charge is 2.55. The van der Waals surface area contributed by atoms with Gasteiger partial charge in [-0.2, -0.15) is 0 Å². The van der Waals surface area contributed by atoms with Crippen molar-refractivity contribution < 1.29 is 4.81 Å². The third-order valence-corrected chi connectivity index (χ3v) is 2.30. The molecular formula is C5H16N9+. The Labute approximate surface area is 80.4 Å². The van der Waals surface area contributed by atoms with E-state index in [0.29, 0.717) is 0 Å². The molecule has 9 nitrogen and oxygen atoms in total. The van der Waals surface area contributed by atoms with Crippen molar-refractivity contribution >= 4 is 0 Å². The fraction of sp³-hybridized carbons (Fsp3) is 0.200.